The third-order valence-corrected chi connectivity index (χ3v) is 1.22. The zero-order valence-corrected chi connectivity index (χ0v) is 7.26. The van der Waals surface area contributed by atoms with Gasteiger partial charge in [-0.15, -0.1) is 13.2 Å². The SMILES string of the molecule is FC(OC(F)(F)F)C(F)(F)Oc1ccn[nH]1. The number of aromatic amines is 1. The lowest BCUT2D eigenvalue weighted by molar-refractivity contribution is -0.411. The lowest BCUT2D eigenvalue weighted by atomic mass is 10.6. The summed E-state index contributed by atoms with van der Waals surface area (Å²) in [6.07, 6.45) is -13.3. The van der Waals surface area contributed by atoms with E-state index < -0.39 is 24.7 Å². The van der Waals surface area contributed by atoms with E-state index >= 15 is 0 Å². The fourth-order valence-electron chi connectivity index (χ4n) is 0.679. The van der Waals surface area contributed by atoms with Crippen molar-refractivity contribution in [1.82, 2.24) is 10.2 Å². The van der Waals surface area contributed by atoms with Gasteiger partial charge >= 0.3 is 18.8 Å². The van der Waals surface area contributed by atoms with Gasteiger partial charge in [0.25, 0.3) is 0 Å². The van der Waals surface area contributed by atoms with Gasteiger partial charge < -0.3 is 4.74 Å². The van der Waals surface area contributed by atoms with Gasteiger partial charge in [0.15, 0.2) is 0 Å². The van der Waals surface area contributed by atoms with Crippen LogP contribution in [0.5, 0.6) is 5.88 Å². The third kappa shape index (κ3) is 3.61. The van der Waals surface area contributed by atoms with E-state index in [1.807, 2.05) is 5.10 Å². The summed E-state index contributed by atoms with van der Waals surface area (Å²) in [5.41, 5.74) is 0. The van der Waals surface area contributed by atoms with E-state index in [9.17, 15) is 26.3 Å². The van der Waals surface area contributed by atoms with Gasteiger partial charge in [0, 0.05) is 6.07 Å². The second kappa shape index (κ2) is 4.20. The van der Waals surface area contributed by atoms with E-state index in [0.717, 1.165) is 12.3 Å². The molecular weight excluding hydrogens is 246 g/mol. The fourth-order valence-corrected chi connectivity index (χ4v) is 0.679. The zero-order chi connectivity index (χ0) is 12.4. The maximum atomic E-state index is 12.6. The second-order valence-corrected chi connectivity index (χ2v) is 2.46. The minimum atomic E-state index is -5.53. The molecule has 1 atom stereocenters. The largest absolute Gasteiger partial charge is 0.525 e. The van der Waals surface area contributed by atoms with Crippen molar-refractivity contribution in [2.75, 3.05) is 0 Å². The van der Waals surface area contributed by atoms with Crippen molar-refractivity contribution in [3.63, 3.8) is 0 Å². The highest BCUT2D eigenvalue weighted by Crippen LogP contribution is 2.30. The molecule has 4 nitrogen and oxygen atoms in total. The Labute approximate surface area is 84.1 Å². The van der Waals surface area contributed by atoms with Crippen LogP contribution in [0.15, 0.2) is 12.3 Å². The van der Waals surface area contributed by atoms with Crippen LogP contribution in [0.2, 0.25) is 0 Å². The van der Waals surface area contributed by atoms with Crippen LogP contribution in [-0.4, -0.2) is 29.0 Å². The molecule has 0 aromatic carbocycles. The van der Waals surface area contributed by atoms with Crippen LogP contribution in [0.1, 0.15) is 0 Å². The Morgan fingerprint density at radius 2 is 1.88 bits per heavy atom. The first-order valence-electron chi connectivity index (χ1n) is 3.65. The number of hydrogen-bond acceptors (Lipinski definition) is 3. The van der Waals surface area contributed by atoms with Gasteiger partial charge in [-0.05, 0) is 0 Å². The Kier molecular flexibility index (Phi) is 3.31. The summed E-state index contributed by atoms with van der Waals surface area (Å²) in [7, 11) is 0. The summed E-state index contributed by atoms with van der Waals surface area (Å²) in [5, 5.41) is 5.03. The normalized spacial score (nSPS) is 14.9. The molecule has 1 N–H and O–H groups in total. The molecule has 0 aliphatic carbocycles. The van der Waals surface area contributed by atoms with Crippen molar-refractivity contribution < 1.29 is 35.8 Å². The molecule has 0 aliphatic heterocycles. The molecule has 0 saturated carbocycles. The number of nitrogens with zero attached hydrogens (tertiary/aromatic N) is 1. The predicted octanol–water partition coefficient (Wildman–Crippen LogP) is 2.21. The Morgan fingerprint density at radius 3 is 2.31 bits per heavy atom. The number of halogens is 6. The molecule has 10 heteroatoms. The minimum Gasteiger partial charge on any atom is -0.411 e. The molecule has 0 fully saturated rings. The molecule has 0 aliphatic rings. The maximum absolute atomic E-state index is 12.6. The first-order chi connectivity index (χ1) is 7.21. The van der Waals surface area contributed by atoms with Crippen molar-refractivity contribution in [3.05, 3.63) is 12.3 Å². The Morgan fingerprint density at radius 1 is 1.25 bits per heavy atom. The smallest absolute Gasteiger partial charge is 0.411 e. The third-order valence-electron chi connectivity index (χ3n) is 1.22. The second-order valence-electron chi connectivity index (χ2n) is 2.46. The van der Waals surface area contributed by atoms with E-state index in [-0.39, 0.29) is 0 Å². The predicted molar refractivity (Wildman–Crippen MR) is 36.2 cm³/mol. The molecule has 1 rings (SSSR count). The van der Waals surface area contributed by atoms with E-state index in [1.165, 1.54) is 0 Å². The first kappa shape index (κ1) is 12.6. The molecule has 1 aromatic heterocycles. The maximum Gasteiger partial charge on any atom is 0.525 e. The van der Waals surface area contributed by atoms with Gasteiger partial charge in [-0.1, -0.05) is 0 Å². The zero-order valence-electron chi connectivity index (χ0n) is 7.26. The van der Waals surface area contributed by atoms with Crippen LogP contribution in [0.25, 0.3) is 0 Å². The summed E-state index contributed by atoms with van der Waals surface area (Å²) in [4.78, 5) is 0. The van der Waals surface area contributed by atoms with E-state index in [2.05, 4.69) is 14.6 Å². The van der Waals surface area contributed by atoms with Gasteiger partial charge in [0.1, 0.15) is 0 Å². The Hall–Kier alpha value is -1.45. The number of rotatable bonds is 4. The van der Waals surface area contributed by atoms with Gasteiger partial charge in [-0.2, -0.15) is 13.9 Å². The molecular formula is C6H4F6N2O2. The van der Waals surface area contributed by atoms with Crippen molar-refractivity contribution in [3.8, 4) is 5.88 Å². The Balaban J connectivity index is 2.62. The molecule has 1 aromatic rings. The average molecular weight is 250 g/mol. The lowest BCUT2D eigenvalue weighted by Gasteiger charge is -2.20. The van der Waals surface area contributed by atoms with E-state index in [1.54, 1.807) is 0 Å². The molecule has 0 radical (unpaired) electrons. The summed E-state index contributed by atoms with van der Waals surface area (Å²) < 4.78 is 78.1. The van der Waals surface area contributed by atoms with Gasteiger partial charge in [-0.25, -0.2) is 14.2 Å². The average Bonchev–Trinajstić information content (AvgIpc) is 2.52. The lowest BCUT2D eigenvalue weighted by Crippen LogP contribution is -2.41. The van der Waals surface area contributed by atoms with Crippen molar-refractivity contribution in [2.24, 2.45) is 0 Å². The fraction of sp³-hybridized carbons (Fsp3) is 0.500. The number of nitrogens with one attached hydrogen (secondary N) is 1. The summed E-state index contributed by atoms with van der Waals surface area (Å²) in [5.74, 6) is -0.696. The van der Waals surface area contributed by atoms with Crippen LogP contribution in [-0.2, 0) is 4.74 Å². The van der Waals surface area contributed by atoms with Crippen LogP contribution in [0.3, 0.4) is 0 Å². The summed E-state index contributed by atoms with van der Waals surface area (Å²) in [6, 6.07) is 0.869. The topological polar surface area (TPSA) is 47.1 Å². The molecule has 1 heterocycles. The van der Waals surface area contributed by atoms with Crippen LogP contribution >= 0.6 is 0 Å². The minimum absolute atomic E-state index is 0.696. The van der Waals surface area contributed by atoms with Crippen molar-refractivity contribution in [2.45, 2.75) is 18.8 Å². The summed E-state index contributed by atoms with van der Waals surface area (Å²) in [6.45, 7) is 0. The summed E-state index contributed by atoms with van der Waals surface area (Å²) >= 11 is 0. The van der Waals surface area contributed by atoms with Gasteiger partial charge in [0.2, 0.25) is 5.88 Å². The van der Waals surface area contributed by atoms with Gasteiger partial charge in [0.05, 0.1) is 6.20 Å². The quantitative estimate of drug-likeness (QED) is 0.833. The molecule has 0 saturated heterocycles. The van der Waals surface area contributed by atoms with Crippen molar-refractivity contribution in [1.29, 1.82) is 0 Å². The molecule has 92 valence electrons. The monoisotopic (exact) mass is 250 g/mol. The highest BCUT2D eigenvalue weighted by Gasteiger charge is 2.50. The molecule has 0 spiro atoms. The number of alkyl halides is 6. The number of H-pyrrole nitrogens is 1. The van der Waals surface area contributed by atoms with Crippen LogP contribution in [0.4, 0.5) is 26.3 Å². The van der Waals surface area contributed by atoms with E-state index in [0.29, 0.717) is 0 Å². The molecule has 1 unspecified atom stereocenters. The highest BCUT2D eigenvalue weighted by atomic mass is 19.4. The first-order valence-corrected chi connectivity index (χ1v) is 3.65. The van der Waals surface area contributed by atoms with E-state index in [4.69, 9.17) is 0 Å². The van der Waals surface area contributed by atoms with Crippen molar-refractivity contribution >= 4 is 0 Å². The standard InChI is InChI=1S/C6H4F6N2O2/c7-4(16-6(10,11)12)5(8,9)15-3-1-2-13-14-3/h1-2,4H,(H,13,14). The molecule has 0 bridgehead atoms. The van der Waals surface area contributed by atoms with Crippen LogP contribution in [0, 0.1) is 0 Å². The molecule has 0 amide bonds. The number of ether oxygens (including phenoxy) is 2. The van der Waals surface area contributed by atoms with Gasteiger partial charge in [-0.3, -0.25) is 0 Å². The number of hydrogen-bond donors (Lipinski definition) is 1. The van der Waals surface area contributed by atoms with Crippen LogP contribution < -0.4 is 4.74 Å². The number of aromatic nitrogens is 2. The Bertz CT molecular complexity index is 324. The highest BCUT2D eigenvalue weighted by molar-refractivity contribution is 5.05. The molecule has 16 heavy (non-hydrogen) atoms.